The first-order valence-electron chi connectivity index (χ1n) is 5.79. The van der Waals surface area contributed by atoms with Crippen molar-refractivity contribution in [2.24, 2.45) is 0 Å². The molecule has 0 aliphatic heterocycles. The van der Waals surface area contributed by atoms with Crippen LogP contribution in [-0.4, -0.2) is 28.4 Å². The monoisotopic (exact) mass is 348 g/mol. The second kappa shape index (κ2) is 5.91. The molecule has 8 nitrogen and oxygen atoms in total. The smallest absolute Gasteiger partial charge is 0.294 e. The van der Waals surface area contributed by atoms with Crippen molar-refractivity contribution < 1.29 is 37.8 Å². The van der Waals surface area contributed by atoms with Crippen molar-refractivity contribution in [2.75, 3.05) is 0 Å². The van der Waals surface area contributed by atoms with E-state index in [0.717, 1.165) is 6.07 Å². The van der Waals surface area contributed by atoms with Crippen LogP contribution in [0.15, 0.2) is 21.9 Å². The van der Waals surface area contributed by atoms with Gasteiger partial charge in [0.2, 0.25) is 0 Å². The van der Waals surface area contributed by atoms with Crippen molar-refractivity contribution in [2.45, 2.75) is 23.6 Å². The van der Waals surface area contributed by atoms with Gasteiger partial charge in [-0.05, 0) is 31.4 Å². The minimum Gasteiger partial charge on any atom is -0.507 e. The van der Waals surface area contributed by atoms with E-state index in [1.165, 1.54) is 19.9 Å². The molecule has 2 rings (SSSR count). The van der Waals surface area contributed by atoms with Gasteiger partial charge in [-0.25, -0.2) is 5.26 Å². The number of hydrogen-bond acceptors (Lipinski definition) is 8. The zero-order valence-electron chi connectivity index (χ0n) is 11.4. The van der Waals surface area contributed by atoms with E-state index in [4.69, 9.17) is 5.26 Å². The summed E-state index contributed by atoms with van der Waals surface area (Å²) in [4.78, 5) is -0.167. The van der Waals surface area contributed by atoms with E-state index in [1.54, 1.807) is 0 Å². The molecule has 10 heteroatoms. The molecule has 0 fully saturated rings. The summed E-state index contributed by atoms with van der Waals surface area (Å²) in [6.07, 6.45) is 0. The Kier molecular flexibility index (Phi) is 4.52. The predicted octanol–water partition coefficient (Wildman–Crippen LogP) is 2.54. The molecular formula is C12H12O8S2. The molecule has 4 N–H and O–H groups in total. The molecule has 0 bridgehead atoms. The van der Waals surface area contributed by atoms with Crippen LogP contribution >= 0.6 is 12.0 Å². The molecule has 0 saturated heterocycles. The largest absolute Gasteiger partial charge is 0.507 e. The molecule has 120 valence electrons. The van der Waals surface area contributed by atoms with E-state index in [0.29, 0.717) is 22.5 Å². The maximum atomic E-state index is 11.4. The molecule has 0 amide bonds. The zero-order chi connectivity index (χ0) is 16.7. The summed E-state index contributed by atoms with van der Waals surface area (Å²) < 4.78 is 36.2. The van der Waals surface area contributed by atoms with Gasteiger partial charge in [0, 0.05) is 16.0 Å². The topological polar surface area (TPSA) is 134 Å². The van der Waals surface area contributed by atoms with Gasteiger partial charge in [-0.1, -0.05) is 5.04 Å². The fraction of sp³-hybridized carbons (Fsp3) is 0.167. The maximum absolute atomic E-state index is 11.4. The van der Waals surface area contributed by atoms with Gasteiger partial charge in [-0.2, -0.15) is 8.42 Å². The number of phenolic OH excluding ortho intramolecular Hbond substituents is 2. The van der Waals surface area contributed by atoms with Crippen molar-refractivity contribution in [1.82, 2.24) is 0 Å². The van der Waals surface area contributed by atoms with Crippen LogP contribution in [0.4, 0.5) is 0 Å². The van der Waals surface area contributed by atoms with Gasteiger partial charge >= 0.3 is 0 Å². The van der Waals surface area contributed by atoms with E-state index in [2.05, 4.69) is 9.37 Å². The van der Waals surface area contributed by atoms with Crippen LogP contribution in [-0.2, 0) is 19.5 Å². The van der Waals surface area contributed by atoms with Gasteiger partial charge in [0.15, 0.2) is 0 Å². The number of fused-ring (bicyclic) bond motifs is 1. The van der Waals surface area contributed by atoms with Gasteiger partial charge in [0.25, 0.3) is 10.1 Å². The lowest BCUT2D eigenvalue weighted by molar-refractivity contribution is -0.432. The Bertz CT molecular complexity index is 844. The molecule has 22 heavy (non-hydrogen) atoms. The summed E-state index contributed by atoms with van der Waals surface area (Å²) >= 11 is 0.574. The number of hydrogen-bond donors (Lipinski definition) is 4. The normalized spacial score (nSPS) is 12.0. The Morgan fingerprint density at radius 2 is 1.68 bits per heavy atom. The third-order valence-corrected chi connectivity index (χ3v) is 4.93. The first kappa shape index (κ1) is 16.8. The van der Waals surface area contributed by atoms with Crippen molar-refractivity contribution in [3.05, 3.63) is 23.3 Å². The number of phenols is 2. The summed E-state index contributed by atoms with van der Waals surface area (Å²) in [6.45, 7) is 2.83. The Labute approximate surface area is 129 Å². The highest BCUT2D eigenvalue weighted by atomic mass is 32.2. The third-order valence-electron chi connectivity index (χ3n) is 3.22. The average molecular weight is 348 g/mol. The lowest BCUT2D eigenvalue weighted by Gasteiger charge is -2.14. The lowest BCUT2D eigenvalue weighted by Crippen LogP contribution is -2.02. The average Bonchev–Trinajstić information content (AvgIpc) is 2.43. The molecule has 0 saturated carbocycles. The van der Waals surface area contributed by atoms with Gasteiger partial charge in [0.1, 0.15) is 16.4 Å². The fourth-order valence-electron chi connectivity index (χ4n) is 2.09. The third kappa shape index (κ3) is 2.84. The van der Waals surface area contributed by atoms with Crippen molar-refractivity contribution >= 4 is 32.9 Å². The lowest BCUT2D eigenvalue weighted by atomic mass is 10.0. The van der Waals surface area contributed by atoms with E-state index >= 15 is 0 Å². The Morgan fingerprint density at radius 1 is 1.09 bits per heavy atom. The predicted molar refractivity (Wildman–Crippen MR) is 77.2 cm³/mol. The highest BCUT2D eigenvalue weighted by molar-refractivity contribution is 7.94. The van der Waals surface area contributed by atoms with Crippen LogP contribution < -0.4 is 0 Å². The van der Waals surface area contributed by atoms with Crippen LogP contribution in [0.1, 0.15) is 11.1 Å². The van der Waals surface area contributed by atoms with Crippen molar-refractivity contribution in [3.63, 3.8) is 0 Å². The molecule has 2 aromatic carbocycles. The van der Waals surface area contributed by atoms with E-state index in [-0.39, 0.29) is 22.1 Å². The molecule has 2 aromatic rings. The van der Waals surface area contributed by atoms with E-state index < -0.39 is 20.8 Å². The minimum absolute atomic E-state index is 0.0386. The van der Waals surface area contributed by atoms with Crippen LogP contribution in [0.5, 0.6) is 11.5 Å². The Balaban J connectivity index is 2.85. The molecule has 0 aromatic heterocycles. The summed E-state index contributed by atoms with van der Waals surface area (Å²) in [7, 11) is -4.54. The molecule has 0 aliphatic rings. The summed E-state index contributed by atoms with van der Waals surface area (Å²) in [5.41, 5.74) is 0.240. The van der Waals surface area contributed by atoms with Crippen molar-refractivity contribution in [3.8, 4) is 11.5 Å². The van der Waals surface area contributed by atoms with Gasteiger partial charge < -0.3 is 10.2 Å². The highest BCUT2D eigenvalue weighted by Crippen LogP contribution is 2.43. The molecule has 0 spiro atoms. The Morgan fingerprint density at radius 3 is 2.23 bits per heavy atom. The quantitative estimate of drug-likeness (QED) is 0.284. The van der Waals surface area contributed by atoms with Gasteiger partial charge in [-0.15, -0.1) is 4.33 Å². The molecule has 0 aliphatic carbocycles. The minimum atomic E-state index is -4.54. The second-order valence-electron chi connectivity index (χ2n) is 4.50. The number of benzene rings is 2. The summed E-state index contributed by atoms with van der Waals surface area (Å²) in [6, 6.07) is 2.52. The van der Waals surface area contributed by atoms with E-state index in [1.807, 2.05) is 0 Å². The first-order valence-corrected chi connectivity index (χ1v) is 7.97. The molecule has 0 unspecified atom stereocenters. The number of rotatable bonds is 4. The van der Waals surface area contributed by atoms with Crippen LogP contribution in [0, 0.1) is 13.8 Å². The second-order valence-corrected chi connectivity index (χ2v) is 6.63. The standard InChI is InChI=1S/C12H12O8S2/c1-5-8(21-20-19-15)3-7-4-9(22(16,17)18)6(2)12(14)10(7)11(5)13/h3-4,13-15H,1-2H3,(H,16,17,18). The molecule has 0 heterocycles. The van der Waals surface area contributed by atoms with Crippen LogP contribution in [0.2, 0.25) is 0 Å². The molecule has 0 radical (unpaired) electrons. The first-order chi connectivity index (χ1) is 10.2. The highest BCUT2D eigenvalue weighted by Gasteiger charge is 2.22. The Hall–Kier alpha value is -1.56. The van der Waals surface area contributed by atoms with Gasteiger partial charge in [0.05, 0.1) is 17.4 Å². The fourth-order valence-corrected chi connectivity index (χ4v) is 3.35. The van der Waals surface area contributed by atoms with E-state index in [9.17, 15) is 23.2 Å². The zero-order valence-corrected chi connectivity index (χ0v) is 13.0. The van der Waals surface area contributed by atoms with Crippen LogP contribution in [0.3, 0.4) is 0 Å². The summed E-state index contributed by atoms with van der Waals surface area (Å²) in [5.74, 6) is -0.745. The molecular weight excluding hydrogens is 336 g/mol. The van der Waals surface area contributed by atoms with Gasteiger partial charge in [-0.3, -0.25) is 4.55 Å². The maximum Gasteiger partial charge on any atom is 0.294 e. The van der Waals surface area contributed by atoms with Crippen molar-refractivity contribution in [1.29, 1.82) is 0 Å². The summed E-state index contributed by atoms with van der Waals surface area (Å²) in [5, 5.41) is 32.2. The SMILES string of the molecule is Cc1c(SOOO)cc2cc(S(=O)(=O)O)c(C)c(O)c2c1O. The van der Waals surface area contributed by atoms with Crippen LogP contribution in [0.25, 0.3) is 10.8 Å². The molecule has 0 atom stereocenters. The number of aromatic hydroxyl groups is 2.